The summed E-state index contributed by atoms with van der Waals surface area (Å²) in [6.07, 6.45) is 3.64. The maximum Gasteiger partial charge on any atom is 0.269 e. The van der Waals surface area contributed by atoms with E-state index in [0.29, 0.717) is 34.3 Å². The van der Waals surface area contributed by atoms with E-state index in [1.807, 2.05) is 0 Å². The number of hydrogen-bond acceptors (Lipinski definition) is 7. The zero-order chi connectivity index (χ0) is 17.8. The van der Waals surface area contributed by atoms with Crippen LogP contribution in [0, 0.1) is 6.92 Å². The van der Waals surface area contributed by atoms with Crippen LogP contribution in [0.15, 0.2) is 0 Å². The molecule has 0 fully saturated rings. The molecule has 2 aromatic heterocycles. The monoisotopic (exact) mass is 380 g/mol. The van der Waals surface area contributed by atoms with Gasteiger partial charge in [-0.15, -0.1) is 16.4 Å². The number of aromatic nitrogens is 2. The van der Waals surface area contributed by atoms with Crippen LogP contribution in [0.1, 0.15) is 49.0 Å². The Balaban J connectivity index is 1.79. The quantitative estimate of drug-likeness (QED) is 0.720. The topological polar surface area (TPSA) is 93.2 Å². The molecule has 1 aliphatic carbocycles. The van der Waals surface area contributed by atoms with Crippen molar-refractivity contribution in [1.29, 1.82) is 0 Å². The van der Waals surface area contributed by atoms with Gasteiger partial charge in [0.05, 0.1) is 11.3 Å². The molecule has 25 heavy (non-hydrogen) atoms. The van der Waals surface area contributed by atoms with E-state index < -0.39 is 0 Å². The Labute approximate surface area is 153 Å². The van der Waals surface area contributed by atoms with Gasteiger partial charge < -0.3 is 15.4 Å². The highest BCUT2D eigenvalue weighted by atomic mass is 32.1. The number of ether oxygens (including phenoxy) is 1. The zero-order valence-corrected chi connectivity index (χ0v) is 15.8. The number of fused-ring (bicyclic) bond motifs is 1. The largest absolute Gasteiger partial charge is 0.385 e. The van der Waals surface area contributed by atoms with Crippen LogP contribution in [0.2, 0.25) is 0 Å². The summed E-state index contributed by atoms with van der Waals surface area (Å²) >= 11 is 2.56. The molecule has 1 aliphatic rings. The molecule has 0 bridgehead atoms. The van der Waals surface area contributed by atoms with Crippen molar-refractivity contribution in [3.63, 3.8) is 0 Å². The molecule has 2 heterocycles. The lowest BCUT2D eigenvalue weighted by molar-refractivity contribution is 0.0949. The minimum atomic E-state index is -0.263. The molecule has 3 rings (SSSR count). The zero-order valence-electron chi connectivity index (χ0n) is 14.2. The first-order chi connectivity index (χ1) is 12.1. The molecule has 0 aromatic carbocycles. The summed E-state index contributed by atoms with van der Waals surface area (Å²) in [6, 6.07) is 0. The Morgan fingerprint density at radius 3 is 2.84 bits per heavy atom. The number of aryl methyl sites for hydroxylation is 2. The summed E-state index contributed by atoms with van der Waals surface area (Å²) in [6.45, 7) is 2.89. The smallest absolute Gasteiger partial charge is 0.269 e. The maximum atomic E-state index is 12.7. The number of methoxy groups -OCH3 is 1. The summed E-state index contributed by atoms with van der Waals surface area (Å²) < 4.78 is 8.79. The van der Waals surface area contributed by atoms with Crippen molar-refractivity contribution in [2.75, 3.05) is 25.6 Å². The number of carbonyl (C=O) groups is 2. The summed E-state index contributed by atoms with van der Waals surface area (Å²) in [7, 11) is 1.64. The number of nitrogens with zero attached hydrogens (tertiary/aromatic N) is 2. The molecular formula is C16H20N4O3S2. The van der Waals surface area contributed by atoms with Gasteiger partial charge in [0.2, 0.25) is 0 Å². The van der Waals surface area contributed by atoms with E-state index in [9.17, 15) is 9.59 Å². The first kappa shape index (κ1) is 18.0. The lowest BCUT2D eigenvalue weighted by Crippen LogP contribution is -2.27. The van der Waals surface area contributed by atoms with Crippen LogP contribution in [-0.2, 0) is 17.6 Å². The Bertz CT molecular complexity index is 784. The molecule has 0 radical (unpaired) electrons. The van der Waals surface area contributed by atoms with Gasteiger partial charge in [0, 0.05) is 25.1 Å². The predicted octanol–water partition coefficient (Wildman–Crippen LogP) is 2.42. The number of rotatable bonds is 7. The molecule has 134 valence electrons. The van der Waals surface area contributed by atoms with E-state index in [0.717, 1.165) is 42.8 Å². The lowest BCUT2D eigenvalue weighted by Gasteiger charge is -2.09. The van der Waals surface area contributed by atoms with Gasteiger partial charge in [0.15, 0.2) is 0 Å². The molecule has 9 heteroatoms. The van der Waals surface area contributed by atoms with Crippen molar-refractivity contribution in [3.05, 3.63) is 26.6 Å². The third-order valence-electron chi connectivity index (χ3n) is 4.04. The van der Waals surface area contributed by atoms with E-state index in [1.54, 1.807) is 14.0 Å². The number of amides is 2. The Morgan fingerprint density at radius 1 is 1.28 bits per heavy atom. The van der Waals surface area contributed by atoms with Gasteiger partial charge in [0.25, 0.3) is 11.8 Å². The summed E-state index contributed by atoms with van der Waals surface area (Å²) in [5.74, 6) is -0.397. The van der Waals surface area contributed by atoms with E-state index in [4.69, 9.17) is 4.74 Å². The third-order valence-corrected chi connectivity index (χ3v) is 6.08. The third kappa shape index (κ3) is 3.88. The minimum Gasteiger partial charge on any atom is -0.385 e. The SMILES string of the molecule is COCCCNC(=O)c1c(NC(=O)c2snnc2C)sc2c1CCC2. The van der Waals surface area contributed by atoms with Crippen LogP contribution in [0.4, 0.5) is 5.00 Å². The molecule has 2 N–H and O–H groups in total. The predicted molar refractivity (Wildman–Crippen MR) is 97.8 cm³/mol. The average Bonchev–Trinajstić information content (AvgIpc) is 3.27. The summed E-state index contributed by atoms with van der Waals surface area (Å²) in [5.41, 5.74) is 2.28. The van der Waals surface area contributed by atoms with Crippen molar-refractivity contribution >= 4 is 39.7 Å². The molecular weight excluding hydrogens is 360 g/mol. The van der Waals surface area contributed by atoms with E-state index in [2.05, 4.69) is 20.2 Å². The molecule has 0 spiro atoms. The van der Waals surface area contributed by atoms with Gasteiger partial charge in [-0.25, -0.2) is 0 Å². The average molecular weight is 380 g/mol. The molecule has 7 nitrogen and oxygen atoms in total. The van der Waals surface area contributed by atoms with Crippen LogP contribution in [0.3, 0.4) is 0 Å². The highest BCUT2D eigenvalue weighted by Gasteiger charge is 2.28. The molecule has 2 amide bonds. The normalized spacial score (nSPS) is 12.9. The highest BCUT2D eigenvalue weighted by molar-refractivity contribution is 7.17. The Morgan fingerprint density at radius 2 is 2.12 bits per heavy atom. The summed E-state index contributed by atoms with van der Waals surface area (Å²) in [4.78, 5) is 26.8. The first-order valence-corrected chi connectivity index (χ1v) is 9.72. The van der Waals surface area contributed by atoms with Crippen molar-refractivity contribution in [1.82, 2.24) is 14.9 Å². The second-order valence-corrected chi connectivity index (χ2v) is 7.66. The van der Waals surface area contributed by atoms with Crippen LogP contribution >= 0.6 is 22.9 Å². The molecule has 0 saturated heterocycles. The van der Waals surface area contributed by atoms with Gasteiger partial charge in [-0.3, -0.25) is 9.59 Å². The van der Waals surface area contributed by atoms with Crippen LogP contribution in [0.5, 0.6) is 0 Å². The molecule has 0 aliphatic heterocycles. The standard InChI is InChI=1S/C16H20N4O3S2/c1-9-13(25-20-19-9)15(22)18-16-12(10-5-3-6-11(10)24-16)14(21)17-7-4-8-23-2/h3-8H2,1-2H3,(H,17,21)(H,18,22). The maximum absolute atomic E-state index is 12.7. The fourth-order valence-electron chi connectivity index (χ4n) is 2.84. The van der Waals surface area contributed by atoms with Crippen LogP contribution in [0.25, 0.3) is 0 Å². The fraction of sp³-hybridized carbons (Fsp3) is 0.500. The van der Waals surface area contributed by atoms with Crippen molar-refractivity contribution in [2.45, 2.75) is 32.6 Å². The second-order valence-electron chi connectivity index (χ2n) is 5.81. The number of thiophene rings is 1. The number of anilines is 1. The van der Waals surface area contributed by atoms with Gasteiger partial charge in [-0.05, 0) is 49.7 Å². The number of nitrogens with one attached hydrogen (secondary N) is 2. The van der Waals surface area contributed by atoms with E-state index in [1.165, 1.54) is 16.2 Å². The van der Waals surface area contributed by atoms with Crippen molar-refractivity contribution < 1.29 is 14.3 Å². The lowest BCUT2D eigenvalue weighted by atomic mass is 10.1. The molecule has 0 unspecified atom stereocenters. The van der Waals surface area contributed by atoms with Gasteiger partial charge in [0.1, 0.15) is 9.88 Å². The number of hydrogen-bond donors (Lipinski definition) is 2. The van der Waals surface area contributed by atoms with E-state index >= 15 is 0 Å². The highest BCUT2D eigenvalue weighted by Crippen LogP contribution is 2.39. The molecule has 0 saturated carbocycles. The molecule has 2 aromatic rings. The minimum absolute atomic E-state index is 0.134. The van der Waals surface area contributed by atoms with E-state index in [-0.39, 0.29) is 11.8 Å². The van der Waals surface area contributed by atoms with Crippen molar-refractivity contribution in [3.8, 4) is 0 Å². The van der Waals surface area contributed by atoms with Crippen LogP contribution in [-0.4, -0.2) is 41.7 Å². The number of carbonyl (C=O) groups excluding carboxylic acids is 2. The van der Waals surface area contributed by atoms with Gasteiger partial charge in [-0.2, -0.15) is 0 Å². The summed E-state index contributed by atoms with van der Waals surface area (Å²) in [5, 5.41) is 10.3. The van der Waals surface area contributed by atoms with Crippen molar-refractivity contribution in [2.24, 2.45) is 0 Å². The Hall–Kier alpha value is -1.84. The van der Waals surface area contributed by atoms with Crippen LogP contribution < -0.4 is 10.6 Å². The van der Waals surface area contributed by atoms with Gasteiger partial charge in [-0.1, -0.05) is 4.49 Å². The Kier molecular flexibility index (Phi) is 5.77. The van der Waals surface area contributed by atoms with Gasteiger partial charge >= 0.3 is 0 Å². The second kappa shape index (κ2) is 8.03. The molecule has 0 atom stereocenters. The first-order valence-electron chi connectivity index (χ1n) is 8.13. The fourth-order valence-corrected chi connectivity index (χ4v) is 4.67.